The van der Waals surface area contributed by atoms with Crippen LogP contribution in [0, 0.1) is 0 Å². The fourth-order valence-electron chi connectivity index (χ4n) is 4.75. The number of nitrogens with zero attached hydrogens (tertiary/aromatic N) is 4. The Morgan fingerprint density at radius 1 is 0.844 bits per heavy atom. The van der Waals surface area contributed by atoms with Crippen molar-refractivity contribution in [3.63, 3.8) is 0 Å². The van der Waals surface area contributed by atoms with Gasteiger partial charge in [-0.25, -0.2) is 4.98 Å². The van der Waals surface area contributed by atoms with E-state index >= 15 is 0 Å². The van der Waals surface area contributed by atoms with E-state index in [1.54, 1.807) is 0 Å². The van der Waals surface area contributed by atoms with Crippen LogP contribution in [0.2, 0.25) is 0 Å². The van der Waals surface area contributed by atoms with Gasteiger partial charge in [-0.1, -0.05) is 36.4 Å². The van der Waals surface area contributed by atoms with Crippen LogP contribution in [0.4, 0.5) is 5.82 Å². The maximum absolute atomic E-state index is 10.8. The first-order valence-corrected chi connectivity index (χ1v) is 11.4. The SMILES string of the molecule is O[C@H]1CN(Cc2cccc(Oc3ccccc3)c2)C[C@@H]1N1CCN(c2ccccn2)CC1. The number of para-hydroxylation sites is 1. The Labute approximate surface area is 189 Å². The zero-order valence-corrected chi connectivity index (χ0v) is 18.3. The van der Waals surface area contributed by atoms with Crippen LogP contribution >= 0.6 is 0 Å². The van der Waals surface area contributed by atoms with Gasteiger partial charge >= 0.3 is 0 Å². The lowest BCUT2D eigenvalue weighted by Gasteiger charge is -2.39. The molecule has 5 rings (SSSR count). The van der Waals surface area contributed by atoms with Gasteiger partial charge in [-0.05, 0) is 42.0 Å². The molecule has 32 heavy (non-hydrogen) atoms. The molecule has 0 aliphatic carbocycles. The molecule has 6 nitrogen and oxygen atoms in total. The molecule has 0 amide bonds. The Morgan fingerprint density at radius 2 is 1.62 bits per heavy atom. The molecular weight excluding hydrogens is 400 g/mol. The van der Waals surface area contributed by atoms with Gasteiger partial charge in [0.1, 0.15) is 17.3 Å². The van der Waals surface area contributed by atoms with E-state index in [2.05, 4.69) is 37.9 Å². The number of pyridine rings is 1. The van der Waals surface area contributed by atoms with Crippen LogP contribution in [0.3, 0.4) is 0 Å². The predicted octanol–water partition coefficient (Wildman–Crippen LogP) is 3.24. The molecule has 0 saturated carbocycles. The van der Waals surface area contributed by atoms with E-state index in [9.17, 15) is 5.11 Å². The van der Waals surface area contributed by atoms with Crippen LogP contribution in [0.5, 0.6) is 11.5 Å². The Kier molecular flexibility index (Phi) is 6.34. The smallest absolute Gasteiger partial charge is 0.128 e. The highest BCUT2D eigenvalue weighted by atomic mass is 16.5. The Hall–Kier alpha value is -2.93. The van der Waals surface area contributed by atoms with Gasteiger partial charge in [0.15, 0.2) is 0 Å². The number of benzene rings is 2. The van der Waals surface area contributed by atoms with Gasteiger partial charge in [-0.3, -0.25) is 9.80 Å². The molecule has 3 aromatic rings. The Balaban J connectivity index is 1.16. The summed E-state index contributed by atoms with van der Waals surface area (Å²) in [7, 11) is 0. The van der Waals surface area contributed by atoms with Crippen LogP contribution in [0.25, 0.3) is 0 Å². The van der Waals surface area contributed by atoms with Gasteiger partial charge in [-0.2, -0.15) is 0 Å². The largest absolute Gasteiger partial charge is 0.457 e. The molecule has 0 unspecified atom stereocenters. The van der Waals surface area contributed by atoms with E-state index in [0.717, 1.165) is 56.6 Å². The molecule has 2 saturated heterocycles. The number of rotatable bonds is 6. The third-order valence-corrected chi connectivity index (χ3v) is 6.37. The van der Waals surface area contributed by atoms with Crippen molar-refractivity contribution >= 4 is 5.82 Å². The minimum absolute atomic E-state index is 0.185. The number of β-amino-alcohol motifs (C(OH)–C–C–N with tert-alkyl or cyclic N) is 1. The maximum atomic E-state index is 10.8. The molecule has 2 aliphatic rings. The lowest BCUT2D eigenvalue weighted by atomic mass is 10.1. The zero-order valence-electron chi connectivity index (χ0n) is 18.3. The van der Waals surface area contributed by atoms with Crippen molar-refractivity contribution < 1.29 is 9.84 Å². The second-order valence-corrected chi connectivity index (χ2v) is 8.60. The molecular formula is C26H30N4O2. The lowest BCUT2D eigenvalue weighted by Crippen LogP contribution is -2.53. The number of hydrogen-bond donors (Lipinski definition) is 1. The van der Waals surface area contributed by atoms with E-state index in [1.807, 2.05) is 60.8 Å². The van der Waals surface area contributed by atoms with E-state index < -0.39 is 0 Å². The summed E-state index contributed by atoms with van der Waals surface area (Å²) in [5.74, 6) is 2.72. The van der Waals surface area contributed by atoms with Crippen LogP contribution in [-0.2, 0) is 6.54 Å². The third-order valence-electron chi connectivity index (χ3n) is 6.37. The van der Waals surface area contributed by atoms with Crippen LogP contribution in [-0.4, -0.2) is 71.3 Å². The number of likely N-dealkylation sites (tertiary alicyclic amines) is 1. The van der Waals surface area contributed by atoms with Crippen LogP contribution < -0.4 is 9.64 Å². The molecule has 2 aliphatic heterocycles. The summed E-state index contributed by atoms with van der Waals surface area (Å²) in [4.78, 5) is 11.6. The molecule has 2 fully saturated rings. The first-order chi connectivity index (χ1) is 15.7. The second-order valence-electron chi connectivity index (χ2n) is 8.60. The third kappa shape index (κ3) is 4.93. The molecule has 0 radical (unpaired) electrons. The van der Waals surface area contributed by atoms with Crippen molar-refractivity contribution in [1.29, 1.82) is 0 Å². The van der Waals surface area contributed by atoms with Crippen molar-refractivity contribution in [3.05, 3.63) is 84.6 Å². The molecule has 166 valence electrons. The summed E-state index contributed by atoms with van der Waals surface area (Å²) < 4.78 is 5.98. The fraction of sp³-hybridized carbons (Fsp3) is 0.346. The number of ether oxygens (including phenoxy) is 1. The summed E-state index contributed by atoms with van der Waals surface area (Å²) in [6.45, 7) is 6.19. The minimum Gasteiger partial charge on any atom is -0.457 e. The number of piperazine rings is 1. The van der Waals surface area contributed by atoms with Crippen molar-refractivity contribution in [2.75, 3.05) is 44.2 Å². The Bertz CT molecular complexity index is 993. The normalized spacial score (nSPS) is 22.2. The topological polar surface area (TPSA) is 52.1 Å². The van der Waals surface area contributed by atoms with Gasteiger partial charge in [0, 0.05) is 58.1 Å². The monoisotopic (exact) mass is 430 g/mol. The molecule has 0 bridgehead atoms. The molecule has 3 heterocycles. The second kappa shape index (κ2) is 9.69. The molecule has 1 N–H and O–H groups in total. The fourth-order valence-corrected chi connectivity index (χ4v) is 4.75. The predicted molar refractivity (Wildman–Crippen MR) is 126 cm³/mol. The molecule has 0 spiro atoms. The highest BCUT2D eigenvalue weighted by Gasteiger charge is 2.36. The van der Waals surface area contributed by atoms with Crippen LogP contribution in [0.1, 0.15) is 5.56 Å². The first-order valence-electron chi connectivity index (χ1n) is 11.4. The quantitative estimate of drug-likeness (QED) is 0.648. The van der Waals surface area contributed by atoms with Gasteiger partial charge in [0.2, 0.25) is 0 Å². The molecule has 2 atom stereocenters. The van der Waals surface area contributed by atoms with Gasteiger partial charge in [0.25, 0.3) is 0 Å². The van der Waals surface area contributed by atoms with E-state index in [1.165, 1.54) is 5.56 Å². The molecule has 6 heteroatoms. The number of aromatic nitrogens is 1. The summed E-state index contributed by atoms with van der Waals surface area (Å²) in [5.41, 5.74) is 1.20. The van der Waals surface area contributed by atoms with E-state index in [4.69, 9.17) is 4.74 Å². The molecule has 1 aromatic heterocycles. The van der Waals surface area contributed by atoms with Crippen molar-refractivity contribution in [2.24, 2.45) is 0 Å². The highest BCUT2D eigenvalue weighted by Crippen LogP contribution is 2.25. The number of aliphatic hydroxyl groups excluding tert-OH is 1. The number of aliphatic hydroxyl groups is 1. The summed E-state index contributed by atoms with van der Waals surface area (Å²) in [6, 6.07) is 24.3. The van der Waals surface area contributed by atoms with Gasteiger partial charge in [0.05, 0.1) is 6.10 Å². The standard InChI is InChI=1S/C26H30N4O2/c31-25-20-28(18-21-7-6-10-23(17-21)32-22-8-2-1-3-9-22)19-24(25)29-13-15-30(16-14-29)26-11-4-5-12-27-26/h1-12,17,24-25,31H,13-16,18-20H2/t24-,25-/m0/s1. The van der Waals surface area contributed by atoms with Crippen LogP contribution in [0.15, 0.2) is 79.0 Å². The maximum Gasteiger partial charge on any atom is 0.128 e. The van der Waals surface area contributed by atoms with Crippen molar-refractivity contribution in [3.8, 4) is 11.5 Å². The van der Waals surface area contributed by atoms with E-state index in [0.29, 0.717) is 6.54 Å². The van der Waals surface area contributed by atoms with Crippen molar-refractivity contribution in [2.45, 2.75) is 18.7 Å². The summed E-state index contributed by atoms with van der Waals surface area (Å²) in [6.07, 6.45) is 1.53. The summed E-state index contributed by atoms with van der Waals surface area (Å²) in [5, 5.41) is 10.8. The van der Waals surface area contributed by atoms with E-state index in [-0.39, 0.29) is 12.1 Å². The summed E-state index contributed by atoms with van der Waals surface area (Å²) >= 11 is 0. The van der Waals surface area contributed by atoms with Gasteiger partial charge < -0.3 is 14.7 Å². The molecule has 2 aromatic carbocycles. The first kappa shape index (κ1) is 20.9. The highest BCUT2D eigenvalue weighted by molar-refractivity contribution is 5.38. The zero-order chi connectivity index (χ0) is 21.8. The average Bonchev–Trinajstić information content (AvgIpc) is 3.20. The average molecular weight is 431 g/mol. The Morgan fingerprint density at radius 3 is 2.41 bits per heavy atom. The van der Waals surface area contributed by atoms with Crippen molar-refractivity contribution in [1.82, 2.24) is 14.8 Å². The minimum atomic E-state index is -0.319. The van der Waals surface area contributed by atoms with Gasteiger partial charge in [-0.15, -0.1) is 0 Å². The number of hydrogen-bond acceptors (Lipinski definition) is 6. The lowest BCUT2D eigenvalue weighted by molar-refractivity contribution is 0.0790. The number of anilines is 1.